The number of hydrogen-bond acceptors (Lipinski definition) is 6. The highest BCUT2D eigenvalue weighted by molar-refractivity contribution is 7.89. The molecule has 0 aliphatic carbocycles. The predicted molar refractivity (Wildman–Crippen MR) is 111 cm³/mol. The van der Waals surface area contributed by atoms with E-state index in [4.69, 9.17) is 21.1 Å². The van der Waals surface area contributed by atoms with E-state index in [-0.39, 0.29) is 17.1 Å². The van der Waals surface area contributed by atoms with Crippen molar-refractivity contribution in [1.29, 1.82) is 0 Å². The van der Waals surface area contributed by atoms with E-state index < -0.39 is 16.0 Å². The number of esters is 1. The van der Waals surface area contributed by atoms with Gasteiger partial charge in [-0.25, -0.2) is 17.5 Å². The molecule has 9 heteroatoms. The molecule has 3 rings (SSSR count). The van der Waals surface area contributed by atoms with Gasteiger partial charge >= 0.3 is 5.97 Å². The number of nitrogens with zero attached hydrogens (tertiary/aromatic N) is 2. The van der Waals surface area contributed by atoms with Crippen LogP contribution < -0.4 is 4.90 Å². The van der Waals surface area contributed by atoms with Gasteiger partial charge in [0.25, 0.3) is 0 Å². The summed E-state index contributed by atoms with van der Waals surface area (Å²) in [5.74, 6) is -0.595. The first-order valence-electron chi connectivity index (χ1n) is 9.10. The third kappa shape index (κ3) is 5.08. The molecule has 1 fully saturated rings. The molecule has 0 N–H and O–H groups in total. The molecular formula is C20H23ClN2O5S. The minimum absolute atomic E-state index is 0.0343. The molecular weight excluding hydrogens is 416 g/mol. The van der Waals surface area contributed by atoms with Gasteiger partial charge in [0.15, 0.2) is 0 Å². The smallest absolute Gasteiger partial charge is 0.340 e. The monoisotopic (exact) mass is 438 g/mol. The fourth-order valence-corrected chi connectivity index (χ4v) is 4.12. The first kappa shape index (κ1) is 21.6. The van der Waals surface area contributed by atoms with E-state index in [0.29, 0.717) is 37.0 Å². The van der Waals surface area contributed by atoms with Crippen LogP contribution in [0.3, 0.4) is 0 Å². The Morgan fingerprint density at radius 2 is 1.90 bits per heavy atom. The summed E-state index contributed by atoms with van der Waals surface area (Å²) in [5.41, 5.74) is 1.58. The molecule has 29 heavy (non-hydrogen) atoms. The van der Waals surface area contributed by atoms with Crippen LogP contribution >= 0.6 is 11.6 Å². The van der Waals surface area contributed by atoms with Crippen LogP contribution in [0.15, 0.2) is 47.4 Å². The molecule has 0 spiro atoms. The van der Waals surface area contributed by atoms with Gasteiger partial charge in [-0.3, -0.25) is 0 Å². The molecule has 1 aliphatic heterocycles. The number of halogens is 1. The number of ether oxygens (including phenoxy) is 2. The fraction of sp³-hybridized carbons (Fsp3) is 0.350. The van der Waals surface area contributed by atoms with Crippen LogP contribution in [-0.2, 0) is 26.1 Å². The Bertz CT molecular complexity index is 988. The lowest BCUT2D eigenvalue weighted by molar-refractivity contribution is 0.0472. The van der Waals surface area contributed by atoms with Gasteiger partial charge in [0.2, 0.25) is 10.0 Å². The van der Waals surface area contributed by atoms with E-state index in [9.17, 15) is 13.2 Å². The summed E-state index contributed by atoms with van der Waals surface area (Å²) in [7, 11) is -0.795. The standard InChI is InChI=1S/C20H23ClN2O5S/c1-22(2)29(25,26)17-6-7-19(23-8-10-27-11-9-23)18(13-17)20(24)28-14-15-4-3-5-16(21)12-15/h3-7,12-13H,8-11,14H2,1-2H3. The molecule has 0 unspecified atom stereocenters. The average Bonchev–Trinajstić information content (AvgIpc) is 2.72. The SMILES string of the molecule is CN(C)S(=O)(=O)c1ccc(N2CCOCC2)c(C(=O)OCc2cccc(Cl)c2)c1. The van der Waals surface area contributed by atoms with Crippen molar-refractivity contribution in [3.8, 4) is 0 Å². The molecule has 1 saturated heterocycles. The summed E-state index contributed by atoms with van der Waals surface area (Å²) in [5, 5.41) is 0.548. The molecule has 0 radical (unpaired) electrons. The van der Waals surface area contributed by atoms with E-state index in [2.05, 4.69) is 0 Å². The van der Waals surface area contributed by atoms with Crippen LogP contribution in [-0.4, -0.2) is 59.1 Å². The number of morpholine rings is 1. The number of carbonyl (C=O) groups is 1. The highest BCUT2D eigenvalue weighted by Crippen LogP contribution is 2.27. The van der Waals surface area contributed by atoms with Crippen molar-refractivity contribution < 1.29 is 22.7 Å². The molecule has 0 saturated carbocycles. The van der Waals surface area contributed by atoms with Crippen LogP contribution in [0.5, 0.6) is 0 Å². The van der Waals surface area contributed by atoms with Crippen molar-refractivity contribution in [2.75, 3.05) is 45.3 Å². The van der Waals surface area contributed by atoms with Gasteiger partial charge in [-0.2, -0.15) is 0 Å². The normalized spacial score (nSPS) is 14.8. The number of carbonyl (C=O) groups excluding carboxylic acids is 1. The van der Waals surface area contributed by atoms with Crippen molar-refractivity contribution in [3.05, 3.63) is 58.6 Å². The molecule has 0 aromatic heterocycles. The molecule has 1 aliphatic rings. The van der Waals surface area contributed by atoms with Gasteiger partial charge in [-0.15, -0.1) is 0 Å². The second-order valence-electron chi connectivity index (χ2n) is 6.77. The van der Waals surface area contributed by atoms with Crippen molar-refractivity contribution in [2.24, 2.45) is 0 Å². The highest BCUT2D eigenvalue weighted by atomic mass is 35.5. The summed E-state index contributed by atoms with van der Waals surface area (Å²) >= 11 is 5.97. The van der Waals surface area contributed by atoms with Gasteiger partial charge in [0, 0.05) is 32.2 Å². The van der Waals surface area contributed by atoms with Gasteiger partial charge in [-0.05, 0) is 35.9 Å². The fourth-order valence-electron chi connectivity index (χ4n) is 2.98. The Hall–Kier alpha value is -2.13. The largest absolute Gasteiger partial charge is 0.457 e. The summed E-state index contributed by atoms with van der Waals surface area (Å²) < 4.78 is 37.0. The first-order valence-corrected chi connectivity index (χ1v) is 10.9. The lowest BCUT2D eigenvalue weighted by Gasteiger charge is -2.30. The van der Waals surface area contributed by atoms with E-state index in [0.717, 1.165) is 9.87 Å². The number of hydrogen-bond donors (Lipinski definition) is 0. The Kier molecular flexibility index (Phi) is 6.79. The maximum Gasteiger partial charge on any atom is 0.340 e. The Morgan fingerprint density at radius 1 is 1.17 bits per heavy atom. The molecule has 0 atom stereocenters. The number of anilines is 1. The van der Waals surface area contributed by atoms with Gasteiger partial charge in [-0.1, -0.05) is 23.7 Å². The summed E-state index contributed by atoms with van der Waals surface area (Å²) in [6.07, 6.45) is 0. The highest BCUT2D eigenvalue weighted by Gasteiger charge is 2.25. The van der Waals surface area contributed by atoms with Crippen molar-refractivity contribution >= 4 is 33.3 Å². The van der Waals surface area contributed by atoms with Crippen LogP contribution in [0, 0.1) is 0 Å². The van der Waals surface area contributed by atoms with Crippen molar-refractivity contribution in [3.63, 3.8) is 0 Å². The maximum absolute atomic E-state index is 12.9. The summed E-state index contributed by atoms with van der Waals surface area (Å²) in [6, 6.07) is 11.6. The minimum Gasteiger partial charge on any atom is -0.457 e. The molecule has 2 aromatic rings. The van der Waals surface area contributed by atoms with Crippen LogP contribution in [0.4, 0.5) is 5.69 Å². The number of benzene rings is 2. The quantitative estimate of drug-likeness (QED) is 0.645. The lowest BCUT2D eigenvalue weighted by Crippen LogP contribution is -2.37. The van der Waals surface area contributed by atoms with Crippen molar-refractivity contribution in [1.82, 2.24) is 4.31 Å². The topological polar surface area (TPSA) is 76.2 Å². The summed E-state index contributed by atoms with van der Waals surface area (Å²) in [4.78, 5) is 14.9. The molecule has 0 amide bonds. The second-order valence-corrected chi connectivity index (χ2v) is 9.36. The van der Waals surface area contributed by atoms with Crippen LogP contribution in [0.1, 0.15) is 15.9 Å². The Labute approximate surface area is 175 Å². The number of sulfonamides is 1. The minimum atomic E-state index is -3.69. The van der Waals surface area contributed by atoms with E-state index in [1.165, 1.54) is 26.2 Å². The second kappa shape index (κ2) is 9.13. The first-order chi connectivity index (χ1) is 13.8. The predicted octanol–water partition coefficient (Wildman–Crippen LogP) is 2.78. The third-order valence-electron chi connectivity index (χ3n) is 4.58. The van der Waals surface area contributed by atoms with Gasteiger partial charge in [0.05, 0.1) is 29.4 Å². The zero-order valence-electron chi connectivity index (χ0n) is 16.3. The van der Waals surface area contributed by atoms with Gasteiger partial charge in [0.1, 0.15) is 6.61 Å². The van der Waals surface area contributed by atoms with Crippen LogP contribution in [0.25, 0.3) is 0 Å². The van der Waals surface area contributed by atoms with E-state index >= 15 is 0 Å². The maximum atomic E-state index is 12.9. The third-order valence-corrected chi connectivity index (χ3v) is 6.62. The van der Waals surface area contributed by atoms with Gasteiger partial charge < -0.3 is 14.4 Å². The molecule has 7 nitrogen and oxygen atoms in total. The average molecular weight is 439 g/mol. The van der Waals surface area contributed by atoms with Crippen LogP contribution in [0.2, 0.25) is 5.02 Å². The van der Waals surface area contributed by atoms with E-state index in [1.807, 2.05) is 4.90 Å². The molecule has 1 heterocycles. The molecule has 156 valence electrons. The summed E-state index contributed by atoms with van der Waals surface area (Å²) in [6.45, 7) is 2.32. The number of rotatable bonds is 6. The van der Waals surface area contributed by atoms with E-state index in [1.54, 1.807) is 30.3 Å². The van der Waals surface area contributed by atoms with Crippen molar-refractivity contribution in [2.45, 2.75) is 11.5 Å². The lowest BCUT2D eigenvalue weighted by atomic mass is 10.1. The Morgan fingerprint density at radius 3 is 2.55 bits per heavy atom. The molecule has 2 aromatic carbocycles. The zero-order valence-corrected chi connectivity index (χ0v) is 17.9. The Balaban J connectivity index is 1.92. The zero-order chi connectivity index (χ0) is 21.0. The molecule has 0 bridgehead atoms.